The zero-order valence-corrected chi connectivity index (χ0v) is 20.6. The average Bonchev–Trinajstić information content (AvgIpc) is 2.82. The standard InChI is InChI=1S/C25H35N5O5/c1-15(27-17(3)31)23(32)28-16(2)24(33)30-21(11-7-8-12-26)25(34)29-19-13-18-9-5-6-10-20(18)22(14-19)35-4/h5-6,9-10,13-16,21H,7-8,11-12,26H2,1-4H3,(H,27,31)(H,28,32)(H,29,34)(H,30,33). The van der Waals surface area contributed by atoms with Gasteiger partial charge in [0.25, 0.3) is 0 Å². The molecule has 0 aliphatic heterocycles. The summed E-state index contributed by atoms with van der Waals surface area (Å²) in [6.45, 7) is 4.80. The normalized spacial score (nSPS) is 13.3. The maximum Gasteiger partial charge on any atom is 0.246 e. The number of methoxy groups -OCH3 is 1. The number of ether oxygens (including phenoxy) is 1. The molecule has 0 aromatic heterocycles. The molecule has 0 aliphatic rings. The van der Waals surface area contributed by atoms with Crippen LogP contribution in [0.1, 0.15) is 40.0 Å². The van der Waals surface area contributed by atoms with Crippen molar-refractivity contribution in [2.75, 3.05) is 19.0 Å². The minimum absolute atomic E-state index is 0.355. The number of amides is 4. The highest BCUT2D eigenvalue weighted by Crippen LogP contribution is 2.29. The minimum atomic E-state index is -0.913. The molecule has 6 N–H and O–H groups in total. The molecule has 2 rings (SSSR count). The van der Waals surface area contributed by atoms with E-state index in [4.69, 9.17) is 10.5 Å². The van der Waals surface area contributed by atoms with E-state index in [1.807, 2.05) is 30.3 Å². The molecule has 190 valence electrons. The van der Waals surface area contributed by atoms with Crippen LogP contribution in [0.25, 0.3) is 10.8 Å². The van der Waals surface area contributed by atoms with E-state index in [0.717, 1.165) is 10.8 Å². The van der Waals surface area contributed by atoms with Gasteiger partial charge in [-0.1, -0.05) is 24.3 Å². The fourth-order valence-electron chi connectivity index (χ4n) is 3.58. The van der Waals surface area contributed by atoms with Crippen LogP contribution in [0.2, 0.25) is 0 Å². The Hall–Kier alpha value is -3.66. The quantitative estimate of drug-likeness (QED) is 0.287. The summed E-state index contributed by atoms with van der Waals surface area (Å²) in [5, 5.41) is 12.4. The lowest BCUT2D eigenvalue weighted by Gasteiger charge is -2.22. The van der Waals surface area contributed by atoms with E-state index >= 15 is 0 Å². The number of hydrogen-bond donors (Lipinski definition) is 5. The van der Waals surface area contributed by atoms with Crippen LogP contribution in [0.4, 0.5) is 5.69 Å². The van der Waals surface area contributed by atoms with Crippen molar-refractivity contribution in [2.24, 2.45) is 5.73 Å². The Labute approximate surface area is 205 Å². The van der Waals surface area contributed by atoms with Crippen LogP contribution in [0.5, 0.6) is 5.75 Å². The summed E-state index contributed by atoms with van der Waals surface area (Å²) in [5.41, 5.74) is 6.12. The monoisotopic (exact) mass is 485 g/mol. The number of rotatable bonds is 12. The maximum atomic E-state index is 13.1. The van der Waals surface area contributed by atoms with Crippen molar-refractivity contribution in [3.05, 3.63) is 36.4 Å². The van der Waals surface area contributed by atoms with Crippen LogP contribution in [0.3, 0.4) is 0 Å². The number of nitrogens with two attached hydrogens (primary N) is 1. The van der Waals surface area contributed by atoms with Gasteiger partial charge in [-0.05, 0) is 51.1 Å². The third-order valence-corrected chi connectivity index (χ3v) is 5.46. The van der Waals surface area contributed by atoms with Gasteiger partial charge >= 0.3 is 0 Å². The Morgan fingerprint density at radius 3 is 2.23 bits per heavy atom. The molecule has 0 radical (unpaired) electrons. The molecule has 10 heteroatoms. The molecular weight excluding hydrogens is 450 g/mol. The van der Waals surface area contributed by atoms with E-state index in [0.29, 0.717) is 37.2 Å². The van der Waals surface area contributed by atoms with Crippen molar-refractivity contribution in [3.63, 3.8) is 0 Å². The molecular formula is C25H35N5O5. The highest BCUT2D eigenvalue weighted by Gasteiger charge is 2.25. The molecule has 2 aromatic carbocycles. The second kappa shape index (κ2) is 13.3. The van der Waals surface area contributed by atoms with Crippen LogP contribution in [-0.4, -0.2) is 55.4 Å². The lowest BCUT2D eigenvalue weighted by molar-refractivity contribution is -0.132. The first-order valence-corrected chi connectivity index (χ1v) is 11.6. The zero-order valence-electron chi connectivity index (χ0n) is 20.6. The first kappa shape index (κ1) is 27.6. The minimum Gasteiger partial charge on any atom is -0.496 e. The predicted octanol–water partition coefficient (Wildman–Crippen LogP) is 1.43. The van der Waals surface area contributed by atoms with Gasteiger partial charge in [0, 0.05) is 24.1 Å². The lowest BCUT2D eigenvalue weighted by atomic mass is 10.1. The van der Waals surface area contributed by atoms with Crippen LogP contribution >= 0.6 is 0 Å². The summed E-state index contributed by atoms with van der Waals surface area (Å²) >= 11 is 0. The number of hydrogen-bond acceptors (Lipinski definition) is 6. The molecule has 35 heavy (non-hydrogen) atoms. The number of benzene rings is 2. The summed E-state index contributed by atoms with van der Waals surface area (Å²) in [6.07, 6.45) is 1.71. The van der Waals surface area contributed by atoms with Crippen molar-refractivity contribution in [1.82, 2.24) is 16.0 Å². The number of anilines is 1. The predicted molar refractivity (Wildman–Crippen MR) is 135 cm³/mol. The Morgan fingerprint density at radius 2 is 1.57 bits per heavy atom. The molecule has 0 bridgehead atoms. The van der Waals surface area contributed by atoms with Gasteiger partial charge in [-0.2, -0.15) is 0 Å². The molecule has 0 aliphatic carbocycles. The number of unbranched alkanes of at least 4 members (excludes halogenated alkanes) is 1. The lowest BCUT2D eigenvalue weighted by Crippen LogP contribution is -2.54. The Morgan fingerprint density at radius 1 is 0.914 bits per heavy atom. The maximum absolute atomic E-state index is 13.1. The largest absolute Gasteiger partial charge is 0.496 e. The fourth-order valence-corrected chi connectivity index (χ4v) is 3.58. The average molecular weight is 486 g/mol. The summed E-state index contributed by atoms with van der Waals surface area (Å²) in [5.74, 6) is -1.15. The van der Waals surface area contributed by atoms with E-state index in [1.165, 1.54) is 20.8 Å². The van der Waals surface area contributed by atoms with E-state index in [2.05, 4.69) is 21.3 Å². The molecule has 2 aromatic rings. The van der Waals surface area contributed by atoms with Crippen molar-refractivity contribution < 1.29 is 23.9 Å². The van der Waals surface area contributed by atoms with Gasteiger partial charge in [-0.15, -0.1) is 0 Å². The third kappa shape index (κ3) is 8.25. The number of fused-ring (bicyclic) bond motifs is 1. The van der Waals surface area contributed by atoms with E-state index < -0.39 is 35.8 Å². The molecule has 4 amide bonds. The van der Waals surface area contributed by atoms with Crippen LogP contribution < -0.4 is 31.7 Å². The highest BCUT2D eigenvalue weighted by atomic mass is 16.5. The Kier molecular flexibility index (Phi) is 10.5. The van der Waals surface area contributed by atoms with Gasteiger partial charge in [-0.25, -0.2) is 0 Å². The van der Waals surface area contributed by atoms with Crippen molar-refractivity contribution >= 4 is 40.1 Å². The summed E-state index contributed by atoms with van der Waals surface area (Å²) in [7, 11) is 1.56. The topological polar surface area (TPSA) is 152 Å². The van der Waals surface area contributed by atoms with Crippen LogP contribution in [0.15, 0.2) is 36.4 Å². The van der Waals surface area contributed by atoms with E-state index in [-0.39, 0.29) is 5.91 Å². The molecule has 0 saturated carbocycles. The Bertz CT molecular complexity index is 1060. The number of nitrogens with one attached hydrogen (secondary N) is 4. The summed E-state index contributed by atoms with van der Waals surface area (Å²) in [4.78, 5) is 49.3. The molecule has 3 atom stereocenters. The second-order valence-electron chi connectivity index (χ2n) is 8.39. The SMILES string of the molecule is COc1cc(NC(=O)C(CCCCN)NC(=O)C(C)NC(=O)C(C)NC(C)=O)cc2ccccc12. The van der Waals surface area contributed by atoms with Gasteiger partial charge < -0.3 is 31.7 Å². The van der Waals surface area contributed by atoms with Gasteiger partial charge in [0.05, 0.1) is 7.11 Å². The molecule has 3 unspecified atom stereocenters. The highest BCUT2D eigenvalue weighted by molar-refractivity contribution is 6.01. The molecule has 0 heterocycles. The number of carbonyl (C=O) groups excluding carboxylic acids is 4. The molecule has 0 spiro atoms. The first-order chi connectivity index (χ1) is 16.7. The van der Waals surface area contributed by atoms with Gasteiger partial charge in [0.15, 0.2) is 0 Å². The molecule has 10 nitrogen and oxygen atoms in total. The third-order valence-electron chi connectivity index (χ3n) is 5.46. The van der Waals surface area contributed by atoms with Crippen molar-refractivity contribution in [1.29, 1.82) is 0 Å². The first-order valence-electron chi connectivity index (χ1n) is 11.6. The fraction of sp³-hybridized carbons (Fsp3) is 0.440. The van der Waals surface area contributed by atoms with Gasteiger partial charge in [0.2, 0.25) is 23.6 Å². The summed E-state index contributed by atoms with van der Waals surface area (Å²) < 4.78 is 5.46. The second-order valence-corrected chi connectivity index (χ2v) is 8.39. The van der Waals surface area contributed by atoms with Crippen molar-refractivity contribution in [2.45, 2.75) is 58.2 Å². The van der Waals surface area contributed by atoms with E-state index in [1.54, 1.807) is 13.2 Å². The van der Waals surface area contributed by atoms with Crippen LogP contribution in [0, 0.1) is 0 Å². The Balaban J connectivity index is 2.12. The molecule has 0 fully saturated rings. The molecule has 0 saturated heterocycles. The van der Waals surface area contributed by atoms with Gasteiger partial charge in [0.1, 0.15) is 23.9 Å². The summed E-state index contributed by atoms with van der Waals surface area (Å²) in [6, 6.07) is 8.66. The van der Waals surface area contributed by atoms with E-state index in [9.17, 15) is 19.2 Å². The number of carbonyl (C=O) groups is 4. The smallest absolute Gasteiger partial charge is 0.246 e. The van der Waals surface area contributed by atoms with Gasteiger partial charge in [-0.3, -0.25) is 19.2 Å². The zero-order chi connectivity index (χ0) is 26.0. The van der Waals surface area contributed by atoms with Crippen LogP contribution in [-0.2, 0) is 19.2 Å². The van der Waals surface area contributed by atoms with Crippen molar-refractivity contribution in [3.8, 4) is 5.75 Å².